The van der Waals surface area contributed by atoms with E-state index in [1.54, 1.807) is 12.1 Å². The van der Waals surface area contributed by atoms with E-state index in [0.29, 0.717) is 11.4 Å². The summed E-state index contributed by atoms with van der Waals surface area (Å²) in [5.74, 6) is -1.50. The maximum atomic E-state index is 12.4. The summed E-state index contributed by atoms with van der Waals surface area (Å²) in [6.45, 7) is -1.76. The number of carbonyl (C=O) groups excluding carboxylic acids is 2. The van der Waals surface area contributed by atoms with Gasteiger partial charge in [-0.25, -0.2) is 4.79 Å². The van der Waals surface area contributed by atoms with E-state index in [1.165, 1.54) is 44.4 Å². The third-order valence-electron chi connectivity index (χ3n) is 3.40. The Balaban J connectivity index is 2.04. The molecule has 2 rings (SSSR count). The highest BCUT2D eigenvalue weighted by atomic mass is 35.5. The Morgan fingerprint density at radius 3 is 2.44 bits per heavy atom. The summed E-state index contributed by atoms with van der Waals surface area (Å²) in [7, 11) is 1.45. The fraction of sp³-hybridized carbons (Fsp3) is 0.222. The average molecular weight is 400 g/mol. The van der Waals surface area contributed by atoms with Crippen LogP contribution in [0.4, 0.5) is 14.5 Å². The molecule has 0 aromatic heterocycles. The van der Waals surface area contributed by atoms with Gasteiger partial charge in [0, 0.05) is 5.69 Å². The van der Waals surface area contributed by atoms with Gasteiger partial charge in [0.05, 0.1) is 12.1 Å². The molecular formula is C18H16ClF2NO5. The van der Waals surface area contributed by atoms with Crippen molar-refractivity contribution in [1.82, 2.24) is 0 Å². The first-order valence-corrected chi connectivity index (χ1v) is 8.09. The highest BCUT2D eigenvalue weighted by Gasteiger charge is 2.22. The van der Waals surface area contributed by atoms with Crippen LogP contribution in [-0.2, 0) is 9.53 Å². The Morgan fingerprint density at radius 1 is 1.11 bits per heavy atom. The minimum absolute atomic E-state index is 0.218. The summed E-state index contributed by atoms with van der Waals surface area (Å²) < 4.78 is 39.2. The Labute approximate surface area is 159 Å². The van der Waals surface area contributed by atoms with Gasteiger partial charge >= 0.3 is 12.6 Å². The number of halogens is 3. The third kappa shape index (κ3) is 5.55. The number of para-hydroxylation sites is 1. The van der Waals surface area contributed by atoms with Gasteiger partial charge < -0.3 is 19.5 Å². The lowest BCUT2D eigenvalue weighted by atomic mass is 10.2. The first-order chi connectivity index (χ1) is 12.8. The molecule has 27 heavy (non-hydrogen) atoms. The van der Waals surface area contributed by atoms with E-state index in [0.717, 1.165) is 0 Å². The number of alkyl halides is 2. The van der Waals surface area contributed by atoms with Crippen molar-refractivity contribution >= 4 is 29.2 Å². The summed E-state index contributed by atoms with van der Waals surface area (Å²) in [4.78, 5) is 24.4. The second kappa shape index (κ2) is 9.18. The van der Waals surface area contributed by atoms with Gasteiger partial charge in [0.2, 0.25) is 0 Å². The second-order valence-corrected chi connectivity index (χ2v) is 5.67. The molecule has 0 saturated carbocycles. The molecule has 6 nitrogen and oxygen atoms in total. The molecule has 0 unspecified atom stereocenters. The van der Waals surface area contributed by atoms with Gasteiger partial charge in [-0.3, -0.25) is 4.79 Å². The molecule has 0 aliphatic carbocycles. The van der Waals surface area contributed by atoms with Crippen molar-refractivity contribution in [2.75, 3.05) is 12.4 Å². The van der Waals surface area contributed by atoms with Gasteiger partial charge in [0.1, 0.15) is 17.1 Å². The zero-order valence-corrected chi connectivity index (χ0v) is 15.1. The van der Waals surface area contributed by atoms with E-state index in [9.17, 15) is 18.4 Å². The summed E-state index contributed by atoms with van der Waals surface area (Å²) in [6, 6.07) is 9.94. The van der Waals surface area contributed by atoms with Crippen molar-refractivity contribution in [3.8, 4) is 11.5 Å². The fourth-order valence-corrected chi connectivity index (χ4v) is 2.36. The zero-order chi connectivity index (χ0) is 20.0. The molecule has 144 valence electrons. The predicted molar refractivity (Wildman–Crippen MR) is 94.6 cm³/mol. The maximum absolute atomic E-state index is 12.4. The summed E-state index contributed by atoms with van der Waals surface area (Å²) in [5.41, 5.74) is 0.153. The monoisotopic (exact) mass is 399 g/mol. The molecule has 1 N–H and O–H groups in total. The smallest absolute Gasteiger partial charge is 0.387 e. The molecule has 0 aliphatic heterocycles. The fourth-order valence-electron chi connectivity index (χ4n) is 2.10. The maximum Gasteiger partial charge on any atom is 0.387 e. The molecule has 0 spiro atoms. The third-order valence-corrected chi connectivity index (χ3v) is 3.69. The summed E-state index contributed by atoms with van der Waals surface area (Å²) >= 11 is 5.98. The molecule has 0 fully saturated rings. The molecule has 2 aromatic rings. The van der Waals surface area contributed by atoms with Crippen LogP contribution in [0.1, 0.15) is 17.3 Å². The molecule has 2 aromatic carbocycles. The number of methoxy groups -OCH3 is 1. The Hall–Kier alpha value is -2.87. The van der Waals surface area contributed by atoms with Crippen LogP contribution in [0.25, 0.3) is 0 Å². The largest absolute Gasteiger partial charge is 0.495 e. The van der Waals surface area contributed by atoms with Crippen LogP contribution in [-0.4, -0.2) is 31.7 Å². The van der Waals surface area contributed by atoms with Gasteiger partial charge in [0.25, 0.3) is 5.91 Å². The first-order valence-electron chi connectivity index (χ1n) is 7.71. The van der Waals surface area contributed by atoms with E-state index in [4.69, 9.17) is 21.1 Å². The predicted octanol–water partition coefficient (Wildman–Crippen LogP) is 4.13. The average Bonchev–Trinajstić information content (AvgIpc) is 2.61. The number of carbonyl (C=O) groups is 2. The number of esters is 1. The van der Waals surface area contributed by atoms with E-state index >= 15 is 0 Å². The number of ether oxygens (including phenoxy) is 3. The molecule has 0 saturated heterocycles. The van der Waals surface area contributed by atoms with Crippen molar-refractivity contribution in [2.24, 2.45) is 0 Å². The van der Waals surface area contributed by atoms with Crippen LogP contribution in [0.3, 0.4) is 0 Å². The van der Waals surface area contributed by atoms with Crippen molar-refractivity contribution in [3.63, 3.8) is 0 Å². The SMILES string of the molecule is COc1ccc(NC(=O)[C@H](C)OC(=O)c2ccccc2OC(F)F)cc1Cl. The molecule has 0 radical (unpaired) electrons. The summed E-state index contributed by atoms with van der Waals surface area (Å²) in [6.07, 6.45) is -1.20. The molecule has 0 heterocycles. The number of hydrogen-bond donors (Lipinski definition) is 1. The topological polar surface area (TPSA) is 73.9 Å². The molecule has 1 atom stereocenters. The second-order valence-electron chi connectivity index (χ2n) is 5.26. The number of nitrogens with one attached hydrogen (secondary N) is 1. The van der Waals surface area contributed by atoms with E-state index in [2.05, 4.69) is 10.1 Å². The number of anilines is 1. The lowest BCUT2D eigenvalue weighted by Gasteiger charge is -2.15. The first kappa shape index (κ1) is 20.4. The van der Waals surface area contributed by atoms with Crippen LogP contribution < -0.4 is 14.8 Å². The minimum atomic E-state index is -3.10. The van der Waals surface area contributed by atoms with E-state index in [-0.39, 0.29) is 16.3 Å². The van der Waals surface area contributed by atoms with E-state index < -0.39 is 24.6 Å². The molecular weight excluding hydrogens is 384 g/mol. The van der Waals surface area contributed by atoms with Gasteiger partial charge in [-0.1, -0.05) is 23.7 Å². The van der Waals surface area contributed by atoms with Crippen LogP contribution in [0.2, 0.25) is 5.02 Å². The quantitative estimate of drug-likeness (QED) is 0.708. The highest BCUT2D eigenvalue weighted by molar-refractivity contribution is 6.32. The van der Waals surface area contributed by atoms with Crippen LogP contribution in [0.5, 0.6) is 11.5 Å². The van der Waals surface area contributed by atoms with Crippen LogP contribution >= 0.6 is 11.6 Å². The van der Waals surface area contributed by atoms with Gasteiger partial charge in [-0.2, -0.15) is 8.78 Å². The van der Waals surface area contributed by atoms with Crippen molar-refractivity contribution in [1.29, 1.82) is 0 Å². The molecule has 9 heteroatoms. The highest BCUT2D eigenvalue weighted by Crippen LogP contribution is 2.27. The number of hydrogen-bond acceptors (Lipinski definition) is 5. The van der Waals surface area contributed by atoms with Crippen molar-refractivity contribution in [3.05, 3.63) is 53.1 Å². The Kier molecular flexibility index (Phi) is 6.95. The van der Waals surface area contributed by atoms with Crippen LogP contribution in [0, 0.1) is 0 Å². The molecule has 0 bridgehead atoms. The van der Waals surface area contributed by atoms with Crippen molar-refractivity contribution < 1.29 is 32.6 Å². The Bertz CT molecular complexity index is 831. The number of rotatable bonds is 7. The normalized spacial score (nSPS) is 11.6. The lowest BCUT2D eigenvalue weighted by molar-refractivity contribution is -0.123. The van der Waals surface area contributed by atoms with Gasteiger partial charge in [-0.05, 0) is 37.3 Å². The van der Waals surface area contributed by atoms with Gasteiger partial charge in [0.15, 0.2) is 6.10 Å². The number of amides is 1. The minimum Gasteiger partial charge on any atom is -0.495 e. The molecule has 0 aliphatic rings. The molecule has 1 amide bonds. The summed E-state index contributed by atoms with van der Waals surface area (Å²) in [5, 5.41) is 2.82. The van der Waals surface area contributed by atoms with Crippen molar-refractivity contribution in [2.45, 2.75) is 19.6 Å². The van der Waals surface area contributed by atoms with Gasteiger partial charge in [-0.15, -0.1) is 0 Å². The number of benzene rings is 2. The Morgan fingerprint density at radius 2 is 1.81 bits per heavy atom. The standard InChI is InChI=1S/C18H16ClF2NO5/c1-10(16(23)22-11-7-8-15(25-2)13(19)9-11)26-17(24)12-5-3-4-6-14(12)27-18(20)21/h3-10,18H,1-2H3,(H,22,23)/t10-/m0/s1. The van der Waals surface area contributed by atoms with E-state index in [1.807, 2.05) is 0 Å². The zero-order valence-electron chi connectivity index (χ0n) is 14.4. The van der Waals surface area contributed by atoms with Crippen LogP contribution in [0.15, 0.2) is 42.5 Å². The lowest BCUT2D eigenvalue weighted by Crippen LogP contribution is -2.30.